The van der Waals surface area contributed by atoms with Crippen LogP contribution in [0.1, 0.15) is 32.1 Å². The maximum atomic E-state index is 11.5. The van der Waals surface area contributed by atoms with E-state index in [0.717, 1.165) is 22.3 Å². The van der Waals surface area contributed by atoms with Crippen LogP contribution in [0.25, 0.3) is 22.5 Å². The summed E-state index contributed by atoms with van der Waals surface area (Å²) in [5, 5.41) is 8.90. The quantitative estimate of drug-likeness (QED) is 0.374. The van der Waals surface area contributed by atoms with Gasteiger partial charge >= 0.3 is 11.9 Å². The fourth-order valence-electron chi connectivity index (χ4n) is 2.93. The van der Waals surface area contributed by atoms with Gasteiger partial charge in [-0.25, -0.2) is 29.5 Å². The van der Waals surface area contributed by atoms with E-state index in [1.807, 2.05) is 62.4 Å². The third-order valence-electron chi connectivity index (χ3n) is 4.88. The molecule has 5 N–H and O–H groups in total. The minimum absolute atomic E-state index is 0.0376. The highest BCUT2D eigenvalue weighted by molar-refractivity contribution is 5.92. The lowest BCUT2D eigenvalue weighted by atomic mass is 10.1. The number of esters is 1. The van der Waals surface area contributed by atoms with Gasteiger partial charge in [0, 0.05) is 11.1 Å². The summed E-state index contributed by atoms with van der Waals surface area (Å²) in [5.74, 6) is -1.77. The molecule has 0 unspecified atom stereocenters. The van der Waals surface area contributed by atoms with Gasteiger partial charge in [-0.2, -0.15) is 0 Å². The molecule has 2 aromatic heterocycles. The summed E-state index contributed by atoms with van der Waals surface area (Å²) < 4.78 is 4.61. The third kappa shape index (κ3) is 6.14. The molecule has 0 aliphatic carbocycles. The number of nitrogen functional groups attached to an aromatic ring is 2. The van der Waals surface area contributed by atoms with E-state index in [4.69, 9.17) is 16.6 Å². The number of carboxylic acids is 1. The van der Waals surface area contributed by atoms with E-state index in [1.54, 1.807) is 0 Å². The van der Waals surface area contributed by atoms with E-state index in [-0.39, 0.29) is 23.0 Å². The first-order valence-electron chi connectivity index (χ1n) is 10.4. The summed E-state index contributed by atoms with van der Waals surface area (Å²) in [5.41, 5.74) is 15.9. The van der Waals surface area contributed by atoms with Crippen molar-refractivity contribution in [1.29, 1.82) is 0 Å². The smallest absolute Gasteiger partial charge is 0.360 e. The van der Waals surface area contributed by atoms with Gasteiger partial charge in [0.15, 0.2) is 23.0 Å². The van der Waals surface area contributed by atoms with Crippen molar-refractivity contribution in [3.8, 4) is 22.5 Å². The predicted octanol–water partition coefficient (Wildman–Crippen LogP) is 3.55. The number of aromatic carboxylic acids is 1. The molecule has 10 heteroatoms. The van der Waals surface area contributed by atoms with Crippen LogP contribution in [0.3, 0.4) is 0 Å². The number of ether oxygens (including phenoxy) is 1. The maximum Gasteiger partial charge on any atom is 0.360 e. The molecule has 0 atom stereocenters. The van der Waals surface area contributed by atoms with Gasteiger partial charge < -0.3 is 21.3 Å². The van der Waals surface area contributed by atoms with E-state index in [9.17, 15) is 9.59 Å². The number of carboxylic acid groups (broad SMARTS) is 1. The zero-order valence-electron chi connectivity index (χ0n) is 19.4. The van der Waals surface area contributed by atoms with Crippen molar-refractivity contribution in [3.63, 3.8) is 0 Å². The van der Waals surface area contributed by atoms with Gasteiger partial charge in [-0.3, -0.25) is 0 Å². The number of anilines is 2. The highest BCUT2D eigenvalue weighted by atomic mass is 16.5. The molecule has 0 aliphatic heterocycles. The maximum absolute atomic E-state index is 11.5. The second-order valence-electron chi connectivity index (χ2n) is 7.51. The number of carbonyl (C=O) groups is 2. The van der Waals surface area contributed by atoms with Crippen molar-refractivity contribution in [2.75, 3.05) is 18.6 Å². The SMILES string of the molecule is COC(=O)c1nc(-c2ccc(C)cc2)cnc1N.Cc1ccc(-c2cnc(N)c(C(=O)O)n2)cc1. The lowest BCUT2D eigenvalue weighted by molar-refractivity contribution is 0.0594. The van der Waals surface area contributed by atoms with Crippen molar-refractivity contribution in [1.82, 2.24) is 19.9 Å². The molecule has 4 aromatic rings. The Labute approximate surface area is 201 Å². The number of carbonyl (C=O) groups excluding carboxylic acids is 1. The minimum atomic E-state index is -1.18. The van der Waals surface area contributed by atoms with Crippen LogP contribution in [0.4, 0.5) is 11.6 Å². The van der Waals surface area contributed by atoms with Crippen LogP contribution in [0.5, 0.6) is 0 Å². The van der Waals surface area contributed by atoms with Crippen LogP contribution in [0.2, 0.25) is 0 Å². The Kier molecular flexibility index (Phi) is 7.67. The Balaban J connectivity index is 0.000000196. The molecule has 4 rings (SSSR count). The Morgan fingerprint density at radius 2 is 1.14 bits per heavy atom. The predicted molar refractivity (Wildman–Crippen MR) is 132 cm³/mol. The van der Waals surface area contributed by atoms with Crippen LogP contribution < -0.4 is 11.5 Å². The molecule has 0 bridgehead atoms. The summed E-state index contributed by atoms with van der Waals surface area (Å²) in [6.45, 7) is 3.97. The summed E-state index contributed by atoms with van der Waals surface area (Å²) >= 11 is 0. The topological polar surface area (TPSA) is 167 Å². The molecule has 178 valence electrons. The number of nitrogens with zero attached hydrogens (tertiary/aromatic N) is 4. The van der Waals surface area contributed by atoms with E-state index in [1.165, 1.54) is 19.5 Å². The molecule has 0 amide bonds. The van der Waals surface area contributed by atoms with Crippen LogP contribution in [-0.2, 0) is 4.74 Å². The summed E-state index contributed by atoms with van der Waals surface area (Å²) in [6, 6.07) is 15.3. The first-order valence-corrected chi connectivity index (χ1v) is 10.4. The highest BCUT2D eigenvalue weighted by Gasteiger charge is 2.15. The molecule has 0 saturated carbocycles. The van der Waals surface area contributed by atoms with Crippen LogP contribution in [-0.4, -0.2) is 44.1 Å². The first kappa shape index (κ1) is 24.8. The molecule has 2 aromatic carbocycles. The van der Waals surface area contributed by atoms with E-state index >= 15 is 0 Å². The Hall–Kier alpha value is -4.86. The molecule has 2 heterocycles. The lowest BCUT2D eigenvalue weighted by Gasteiger charge is -2.05. The van der Waals surface area contributed by atoms with Gasteiger partial charge in [-0.05, 0) is 13.8 Å². The summed E-state index contributed by atoms with van der Waals surface area (Å²) in [6.07, 6.45) is 3.00. The number of rotatable bonds is 4. The second-order valence-corrected chi connectivity index (χ2v) is 7.51. The largest absolute Gasteiger partial charge is 0.476 e. The van der Waals surface area contributed by atoms with Crippen LogP contribution in [0.15, 0.2) is 60.9 Å². The molecule has 0 fully saturated rings. The zero-order chi connectivity index (χ0) is 25.5. The molecule has 0 aliphatic rings. The van der Waals surface area contributed by atoms with Gasteiger partial charge in [0.1, 0.15) is 0 Å². The molecule has 0 saturated heterocycles. The first-order chi connectivity index (χ1) is 16.7. The number of methoxy groups -OCH3 is 1. The lowest BCUT2D eigenvalue weighted by Crippen LogP contribution is -2.10. The van der Waals surface area contributed by atoms with Crippen molar-refractivity contribution >= 4 is 23.6 Å². The Morgan fingerprint density at radius 3 is 1.54 bits per heavy atom. The molecule has 0 spiro atoms. The van der Waals surface area contributed by atoms with Crippen LogP contribution in [0, 0.1) is 13.8 Å². The monoisotopic (exact) mass is 472 g/mol. The average Bonchev–Trinajstić information content (AvgIpc) is 2.85. The number of aromatic nitrogens is 4. The zero-order valence-corrected chi connectivity index (χ0v) is 19.4. The number of hydrogen-bond donors (Lipinski definition) is 3. The van der Waals surface area contributed by atoms with E-state index in [2.05, 4.69) is 24.7 Å². The fourth-order valence-corrected chi connectivity index (χ4v) is 2.93. The molecular weight excluding hydrogens is 448 g/mol. The van der Waals surface area contributed by atoms with Gasteiger partial charge in [-0.1, -0.05) is 59.7 Å². The number of hydrogen-bond acceptors (Lipinski definition) is 9. The standard InChI is InChI=1S/C13H13N3O2.C12H11N3O2/c1-8-3-5-9(6-4-8)10-7-15-12(14)11(16-10)13(17)18-2;1-7-2-4-8(5-3-7)9-6-14-11(13)10(15-9)12(16)17/h3-7H,1-2H3,(H2,14,15);2-6H,1H3,(H2,13,14)(H,16,17). The third-order valence-corrected chi connectivity index (χ3v) is 4.88. The summed E-state index contributed by atoms with van der Waals surface area (Å²) in [4.78, 5) is 38.3. The fraction of sp³-hybridized carbons (Fsp3) is 0.120. The number of aryl methyl sites for hydroxylation is 2. The number of nitrogens with two attached hydrogens (primary N) is 2. The van der Waals surface area contributed by atoms with Crippen LogP contribution >= 0.6 is 0 Å². The second kappa shape index (κ2) is 10.8. The van der Waals surface area contributed by atoms with E-state index < -0.39 is 11.9 Å². The molecule has 10 nitrogen and oxygen atoms in total. The van der Waals surface area contributed by atoms with Crippen molar-refractivity contribution < 1.29 is 19.4 Å². The van der Waals surface area contributed by atoms with Crippen molar-refractivity contribution in [2.24, 2.45) is 0 Å². The molecule has 0 radical (unpaired) electrons. The van der Waals surface area contributed by atoms with Gasteiger partial charge in [-0.15, -0.1) is 0 Å². The highest BCUT2D eigenvalue weighted by Crippen LogP contribution is 2.20. The van der Waals surface area contributed by atoms with E-state index in [0.29, 0.717) is 11.4 Å². The van der Waals surface area contributed by atoms with Crippen molar-refractivity contribution in [2.45, 2.75) is 13.8 Å². The Morgan fingerprint density at radius 1 is 0.743 bits per heavy atom. The van der Waals surface area contributed by atoms with Crippen molar-refractivity contribution in [3.05, 3.63) is 83.4 Å². The van der Waals surface area contributed by atoms with Gasteiger partial charge in [0.25, 0.3) is 0 Å². The normalized spacial score (nSPS) is 10.1. The number of benzene rings is 2. The minimum Gasteiger partial charge on any atom is -0.476 e. The average molecular weight is 473 g/mol. The molecule has 35 heavy (non-hydrogen) atoms. The van der Waals surface area contributed by atoms with Gasteiger partial charge in [0.2, 0.25) is 0 Å². The molecular formula is C25H24N6O4. The van der Waals surface area contributed by atoms with Gasteiger partial charge in [0.05, 0.1) is 30.9 Å². The summed E-state index contributed by atoms with van der Waals surface area (Å²) in [7, 11) is 1.28. The Bertz CT molecular complexity index is 1360.